The minimum absolute atomic E-state index is 0.0657. The van der Waals surface area contributed by atoms with Gasteiger partial charge in [0.2, 0.25) is 11.8 Å². The molecule has 1 fully saturated rings. The minimum Gasteiger partial charge on any atom is -0.384 e. The molecule has 286 valence electrons. The van der Waals surface area contributed by atoms with E-state index in [1.54, 1.807) is 24.3 Å². The molecule has 56 heavy (non-hydrogen) atoms. The van der Waals surface area contributed by atoms with Crippen molar-refractivity contribution in [2.45, 2.75) is 57.9 Å². The molecule has 2 aliphatic heterocycles. The summed E-state index contributed by atoms with van der Waals surface area (Å²) < 4.78 is 1.01. The molecule has 3 aromatic carbocycles. The number of piperidine rings is 1. The standard InChI is InChI=1S/C42H41N7O6S/c1-25-12-5-7-15-30(25)46-37-32(47-39(52)29-24-56-34-17-8-6-13-27(29)34)22-26(23-45-37)38(51)44-21-10-4-2-3-9-20-43-31-16-11-14-28-36(31)42(55)49(41(28)54)33-18-19-35(50)48-40(33)53/h5-8,11-17,22-24,33,43H,2-4,9-10,18-21H2,1H3,(H,44,51)(H,45,46)(H,47,52)(H,48,50,53). The molecular weight excluding hydrogens is 731 g/mol. The van der Waals surface area contributed by atoms with Crippen LogP contribution < -0.4 is 26.6 Å². The molecule has 2 aliphatic rings. The minimum atomic E-state index is -1.01. The predicted octanol–water partition coefficient (Wildman–Crippen LogP) is 6.79. The molecule has 5 aromatic rings. The van der Waals surface area contributed by atoms with Gasteiger partial charge in [-0.3, -0.25) is 39.0 Å². The summed E-state index contributed by atoms with van der Waals surface area (Å²) in [6.07, 6.45) is 5.99. The van der Waals surface area contributed by atoms with Crippen molar-refractivity contribution in [2.75, 3.05) is 29.0 Å². The van der Waals surface area contributed by atoms with Crippen molar-refractivity contribution in [3.8, 4) is 0 Å². The maximum absolute atomic E-state index is 13.5. The van der Waals surface area contributed by atoms with E-state index in [9.17, 15) is 28.8 Å². The molecule has 0 radical (unpaired) electrons. The molecule has 0 aliphatic carbocycles. The number of pyridine rings is 1. The zero-order valence-corrected chi connectivity index (χ0v) is 31.6. The van der Waals surface area contributed by atoms with Crippen molar-refractivity contribution in [3.05, 3.63) is 112 Å². The number of hydrogen-bond donors (Lipinski definition) is 5. The van der Waals surface area contributed by atoms with E-state index < -0.39 is 29.7 Å². The van der Waals surface area contributed by atoms with Crippen molar-refractivity contribution >= 4 is 79.7 Å². The summed E-state index contributed by atoms with van der Waals surface area (Å²) in [7, 11) is 0. The Morgan fingerprint density at radius 2 is 1.59 bits per heavy atom. The van der Waals surface area contributed by atoms with E-state index in [1.165, 1.54) is 17.5 Å². The number of aryl methyl sites for hydroxylation is 1. The maximum atomic E-state index is 13.5. The first-order valence-electron chi connectivity index (χ1n) is 18.7. The lowest BCUT2D eigenvalue weighted by atomic mass is 10.0. The topological polar surface area (TPSA) is 179 Å². The highest BCUT2D eigenvalue weighted by molar-refractivity contribution is 7.17. The van der Waals surface area contributed by atoms with Crippen LogP contribution in [0.25, 0.3) is 10.1 Å². The summed E-state index contributed by atoms with van der Waals surface area (Å²) in [4.78, 5) is 82.6. The molecule has 1 saturated heterocycles. The summed E-state index contributed by atoms with van der Waals surface area (Å²) in [6.45, 7) is 3.02. The Morgan fingerprint density at radius 1 is 0.839 bits per heavy atom. The first kappa shape index (κ1) is 37.9. The lowest BCUT2D eigenvalue weighted by molar-refractivity contribution is -0.136. The van der Waals surface area contributed by atoms with Crippen LogP contribution in [0.1, 0.15) is 91.9 Å². The second-order valence-electron chi connectivity index (χ2n) is 13.8. The van der Waals surface area contributed by atoms with Gasteiger partial charge in [-0.05, 0) is 62.1 Å². The molecule has 1 atom stereocenters. The number of thiophene rings is 1. The molecule has 6 amide bonds. The van der Waals surface area contributed by atoms with Crippen LogP contribution >= 0.6 is 11.3 Å². The van der Waals surface area contributed by atoms with Crippen LogP contribution in [0, 0.1) is 6.92 Å². The largest absolute Gasteiger partial charge is 0.384 e. The molecular formula is C42H41N7O6S. The third-order valence-electron chi connectivity index (χ3n) is 9.94. The molecule has 0 saturated carbocycles. The monoisotopic (exact) mass is 771 g/mol. The van der Waals surface area contributed by atoms with Crippen LogP contribution in [0.15, 0.2) is 84.4 Å². The molecule has 0 bridgehead atoms. The number of hydrogen-bond acceptors (Lipinski definition) is 10. The van der Waals surface area contributed by atoms with Crippen LogP contribution in [-0.2, 0) is 9.59 Å². The van der Waals surface area contributed by atoms with E-state index in [0.29, 0.717) is 41.4 Å². The Balaban J connectivity index is 0.883. The zero-order valence-electron chi connectivity index (χ0n) is 30.8. The van der Waals surface area contributed by atoms with Crippen molar-refractivity contribution in [3.63, 3.8) is 0 Å². The Hall–Kier alpha value is -6.41. The van der Waals surface area contributed by atoms with E-state index in [1.807, 2.05) is 60.8 Å². The van der Waals surface area contributed by atoms with Gasteiger partial charge in [-0.2, -0.15) is 0 Å². The van der Waals surface area contributed by atoms with Crippen molar-refractivity contribution in [2.24, 2.45) is 0 Å². The van der Waals surface area contributed by atoms with Gasteiger partial charge >= 0.3 is 0 Å². The van der Waals surface area contributed by atoms with Crippen molar-refractivity contribution in [1.82, 2.24) is 20.5 Å². The van der Waals surface area contributed by atoms with Gasteiger partial charge in [-0.1, -0.05) is 61.7 Å². The predicted molar refractivity (Wildman–Crippen MR) is 215 cm³/mol. The number of unbranched alkanes of at least 4 members (excludes halogenated alkanes) is 4. The lowest BCUT2D eigenvalue weighted by Crippen LogP contribution is -2.54. The fourth-order valence-electron chi connectivity index (χ4n) is 6.94. The average molecular weight is 772 g/mol. The number of aromatic nitrogens is 1. The normalized spacial score (nSPS) is 15.1. The number of imide groups is 2. The first-order chi connectivity index (χ1) is 27.2. The number of fused-ring (bicyclic) bond motifs is 2. The van der Waals surface area contributed by atoms with Gasteiger partial charge in [-0.25, -0.2) is 4.98 Å². The molecule has 1 unspecified atom stereocenters. The van der Waals surface area contributed by atoms with Gasteiger partial charge in [0, 0.05) is 52.5 Å². The van der Waals surface area contributed by atoms with E-state index in [0.717, 1.165) is 58.3 Å². The number of amides is 6. The molecule has 2 aromatic heterocycles. The second-order valence-corrected chi connectivity index (χ2v) is 14.7. The number of para-hydroxylation sites is 1. The fraction of sp³-hybridized carbons (Fsp3) is 0.262. The number of benzene rings is 3. The lowest BCUT2D eigenvalue weighted by Gasteiger charge is -2.27. The van der Waals surface area contributed by atoms with Crippen LogP contribution in [0.2, 0.25) is 0 Å². The van der Waals surface area contributed by atoms with Crippen LogP contribution in [0.5, 0.6) is 0 Å². The van der Waals surface area contributed by atoms with Gasteiger partial charge in [0.05, 0.1) is 27.9 Å². The molecule has 14 heteroatoms. The number of carbonyl (C=O) groups excluding carboxylic acids is 6. The smallest absolute Gasteiger partial charge is 0.264 e. The summed E-state index contributed by atoms with van der Waals surface area (Å²) in [5.74, 6) is -2.29. The Kier molecular flexibility index (Phi) is 11.5. The summed E-state index contributed by atoms with van der Waals surface area (Å²) in [5, 5.41) is 17.4. The third-order valence-corrected chi connectivity index (χ3v) is 10.9. The van der Waals surface area contributed by atoms with Crippen LogP contribution in [0.3, 0.4) is 0 Å². The Labute approximate surface area is 327 Å². The van der Waals surface area contributed by atoms with Crippen LogP contribution in [0.4, 0.5) is 22.9 Å². The number of nitrogens with zero attached hydrogens (tertiary/aromatic N) is 2. The number of nitrogens with one attached hydrogen (secondary N) is 5. The highest BCUT2D eigenvalue weighted by Gasteiger charge is 2.45. The molecule has 13 nitrogen and oxygen atoms in total. The summed E-state index contributed by atoms with van der Waals surface area (Å²) >= 11 is 1.50. The van der Waals surface area contributed by atoms with Gasteiger partial charge in [0.25, 0.3) is 23.6 Å². The van der Waals surface area contributed by atoms with Crippen molar-refractivity contribution < 1.29 is 28.8 Å². The summed E-state index contributed by atoms with van der Waals surface area (Å²) in [5.41, 5.74) is 4.12. The van der Waals surface area contributed by atoms with E-state index >= 15 is 0 Å². The summed E-state index contributed by atoms with van der Waals surface area (Å²) in [6, 6.07) is 21.1. The van der Waals surface area contributed by atoms with E-state index in [4.69, 9.17) is 0 Å². The maximum Gasteiger partial charge on any atom is 0.264 e. The number of carbonyl (C=O) groups is 6. The third kappa shape index (κ3) is 8.15. The quantitative estimate of drug-likeness (QED) is 0.0566. The molecule has 4 heterocycles. The average Bonchev–Trinajstić information content (AvgIpc) is 3.74. The SMILES string of the molecule is Cc1ccccc1Nc1ncc(C(=O)NCCCCCCCNc2cccc3c2C(=O)N(C2CCC(=O)NC2=O)C3=O)cc1NC(=O)c1csc2ccccc12. The van der Waals surface area contributed by atoms with Crippen molar-refractivity contribution in [1.29, 1.82) is 0 Å². The Morgan fingerprint density at radius 3 is 2.41 bits per heavy atom. The van der Waals surface area contributed by atoms with Gasteiger partial charge in [0.1, 0.15) is 6.04 Å². The van der Waals surface area contributed by atoms with Crippen LogP contribution in [-0.4, -0.2) is 64.5 Å². The highest BCUT2D eigenvalue weighted by atomic mass is 32.1. The van der Waals surface area contributed by atoms with Gasteiger partial charge in [0.15, 0.2) is 5.82 Å². The number of anilines is 4. The first-order valence-corrected chi connectivity index (χ1v) is 19.5. The van der Waals surface area contributed by atoms with E-state index in [-0.39, 0.29) is 35.8 Å². The molecule has 7 rings (SSSR count). The van der Waals surface area contributed by atoms with Gasteiger partial charge < -0.3 is 21.3 Å². The fourth-order valence-corrected chi connectivity index (χ4v) is 7.88. The highest BCUT2D eigenvalue weighted by Crippen LogP contribution is 2.33. The van der Waals surface area contributed by atoms with Gasteiger partial charge in [-0.15, -0.1) is 11.3 Å². The molecule has 0 spiro atoms. The zero-order chi connectivity index (χ0) is 39.2. The second kappa shape index (κ2) is 16.9. The number of rotatable bonds is 15. The van der Waals surface area contributed by atoms with E-state index in [2.05, 4.69) is 31.6 Å². The molecule has 5 N–H and O–H groups in total. The Bertz CT molecular complexity index is 2360.